The topological polar surface area (TPSA) is 100 Å². The van der Waals surface area contributed by atoms with Crippen molar-refractivity contribution in [2.45, 2.75) is 95.7 Å². The van der Waals surface area contributed by atoms with Gasteiger partial charge in [0.05, 0.1) is 38.0 Å². The van der Waals surface area contributed by atoms with Gasteiger partial charge in [-0.3, -0.25) is 4.57 Å². The van der Waals surface area contributed by atoms with Crippen molar-refractivity contribution < 1.29 is 32.5 Å². The zero-order chi connectivity index (χ0) is 35.1. The van der Waals surface area contributed by atoms with Crippen molar-refractivity contribution in [3.05, 3.63) is 41.7 Å². The van der Waals surface area contributed by atoms with Crippen molar-refractivity contribution in [1.82, 2.24) is 9.55 Å². The van der Waals surface area contributed by atoms with Gasteiger partial charge in [0.1, 0.15) is 41.8 Å². The molecule has 10 nitrogen and oxygen atoms in total. The summed E-state index contributed by atoms with van der Waals surface area (Å²) < 4.78 is 55.1. The van der Waals surface area contributed by atoms with Gasteiger partial charge in [-0.25, -0.2) is 9.37 Å². The molecule has 3 aliphatic heterocycles. The Morgan fingerprint density at radius 1 is 1.00 bits per heavy atom. The van der Waals surface area contributed by atoms with Crippen LogP contribution in [0.5, 0.6) is 5.88 Å². The van der Waals surface area contributed by atoms with Crippen LogP contribution in [0.4, 0.5) is 10.1 Å². The van der Waals surface area contributed by atoms with Gasteiger partial charge in [-0.1, -0.05) is 52.5 Å². The lowest BCUT2D eigenvalue weighted by Gasteiger charge is -2.39. The van der Waals surface area contributed by atoms with Gasteiger partial charge in [0.15, 0.2) is 20.2 Å². The van der Waals surface area contributed by atoms with Crippen molar-refractivity contribution >= 4 is 33.1 Å². The Bertz CT molecular complexity index is 1670. The molecule has 3 aromatic rings. The van der Waals surface area contributed by atoms with Crippen LogP contribution in [0, 0.1) is 17.1 Å². The van der Waals surface area contributed by atoms with Crippen LogP contribution in [0.3, 0.4) is 0 Å². The normalized spacial score (nSPS) is 23.2. The van der Waals surface area contributed by atoms with Crippen LogP contribution in [0.15, 0.2) is 30.3 Å². The molecular formula is C36H51FN4O6Si2. The second-order valence-corrected chi connectivity index (χ2v) is 26.4. The van der Waals surface area contributed by atoms with E-state index in [4.69, 9.17) is 33.1 Å². The average Bonchev–Trinajstić information content (AvgIpc) is 3.71. The standard InChI is InChI=1S/C36H51FN4O6Si2/c1-36(2,3)49(7,8)47-30-22-45-33-29(21-44-34(30)33)46-35-26(20-38)32-28(41(35)23-43-17-18-48(4,5)6)19-27(37)31(39-32)24-9-11-25(12-10-24)40-13-15-42-16-14-40/h9-12,19,29-30,33-34H,13-18,21-23H2,1-8H3/t29-,30-,33-,34-/m1/s1. The third-order valence-corrected chi connectivity index (χ3v) is 16.5. The molecule has 3 aliphatic rings. The highest BCUT2D eigenvalue weighted by molar-refractivity contribution is 6.76. The minimum absolute atomic E-state index is 0.0453. The Labute approximate surface area is 291 Å². The fourth-order valence-electron chi connectivity index (χ4n) is 6.28. The molecular weight excluding hydrogens is 660 g/mol. The van der Waals surface area contributed by atoms with E-state index in [9.17, 15) is 5.26 Å². The lowest BCUT2D eigenvalue weighted by Crippen LogP contribution is -2.47. The summed E-state index contributed by atoms with van der Waals surface area (Å²) in [6.45, 7) is 22.3. The largest absolute Gasteiger partial charge is 0.469 e. The van der Waals surface area contributed by atoms with Crippen molar-refractivity contribution in [2.75, 3.05) is 51.0 Å². The first-order valence-corrected chi connectivity index (χ1v) is 24.0. The summed E-state index contributed by atoms with van der Waals surface area (Å²) in [6.07, 6.45) is -1.34. The number of pyridine rings is 1. The zero-order valence-electron chi connectivity index (χ0n) is 30.2. The number of hydrogen-bond donors (Lipinski definition) is 0. The second-order valence-electron chi connectivity index (χ2n) is 16.1. The third kappa shape index (κ3) is 7.61. The number of fused-ring (bicyclic) bond motifs is 2. The van der Waals surface area contributed by atoms with Crippen LogP contribution in [-0.4, -0.2) is 96.5 Å². The summed E-state index contributed by atoms with van der Waals surface area (Å²) in [6, 6.07) is 12.4. The highest BCUT2D eigenvalue weighted by Crippen LogP contribution is 2.42. The number of hydrogen-bond acceptors (Lipinski definition) is 9. The second kappa shape index (κ2) is 14.1. The van der Waals surface area contributed by atoms with E-state index < -0.39 is 28.3 Å². The maximum Gasteiger partial charge on any atom is 0.217 e. The van der Waals surface area contributed by atoms with Crippen molar-refractivity contribution in [3.63, 3.8) is 0 Å². The SMILES string of the molecule is CC(C)(C)[Si](C)(C)O[C@@H]1CO[C@H]2[C@@H]1OC[C@H]2Oc1c(C#N)c2nc(-c3ccc(N4CCOCC4)cc3)c(F)cc2n1COCC[Si](C)(C)C. The van der Waals surface area contributed by atoms with Crippen LogP contribution in [0.1, 0.15) is 26.3 Å². The molecule has 4 atom stereocenters. The molecule has 0 unspecified atom stereocenters. The highest BCUT2D eigenvalue weighted by atomic mass is 28.4. The summed E-state index contributed by atoms with van der Waals surface area (Å²) in [5, 5.41) is 10.6. The number of aromatic nitrogens is 2. The molecule has 49 heavy (non-hydrogen) atoms. The molecule has 1 aromatic carbocycles. The van der Waals surface area contributed by atoms with Gasteiger partial charge in [-0.05, 0) is 36.3 Å². The van der Waals surface area contributed by atoms with Gasteiger partial charge in [-0.2, -0.15) is 5.26 Å². The van der Waals surface area contributed by atoms with Crippen LogP contribution in [0.25, 0.3) is 22.3 Å². The molecule has 0 spiro atoms. The average molecular weight is 711 g/mol. The van der Waals surface area contributed by atoms with Crippen LogP contribution in [-0.2, 0) is 30.1 Å². The number of morpholine rings is 1. The number of rotatable bonds is 11. The van der Waals surface area contributed by atoms with Crippen LogP contribution in [0.2, 0.25) is 43.8 Å². The molecule has 2 aromatic heterocycles. The fourth-order valence-corrected chi connectivity index (χ4v) is 8.35. The number of nitrogens with zero attached hydrogens (tertiary/aromatic N) is 4. The van der Waals surface area contributed by atoms with E-state index in [1.165, 1.54) is 6.07 Å². The van der Waals surface area contributed by atoms with Crippen molar-refractivity contribution in [2.24, 2.45) is 0 Å². The number of halogens is 1. The summed E-state index contributed by atoms with van der Waals surface area (Å²) in [4.78, 5) is 7.01. The molecule has 3 saturated heterocycles. The van der Waals surface area contributed by atoms with E-state index in [0.717, 1.165) is 24.8 Å². The molecule has 0 N–H and O–H groups in total. The molecule has 3 fully saturated rings. The Kier molecular flexibility index (Phi) is 10.3. The summed E-state index contributed by atoms with van der Waals surface area (Å²) in [7, 11) is -3.42. The van der Waals surface area contributed by atoms with E-state index in [-0.39, 0.29) is 53.8 Å². The van der Waals surface area contributed by atoms with Gasteiger partial charge in [-0.15, -0.1) is 0 Å². The van der Waals surface area contributed by atoms with E-state index >= 15 is 4.39 Å². The number of nitriles is 1. The summed E-state index contributed by atoms with van der Waals surface area (Å²) >= 11 is 0. The number of anilines is 1. The third-order valence-electron chi connectivity index (χ3n) is 10.3. The molecule has 0 amide bonds. The van der Waals surface area contributed by atoms with E-state index in [1.807, 2.05) is 24.3 Å². The van der Waals surface area contributed by atoms with Crippen LogP contribution < -0.4 is 9.64 Å². The number of benzene rings is 1. The Morgan fingerprint density at radius 2 is 1.65 bits per heavy atom. The van der Waals surface area contributed by atoms with E-state index in [0.29, 0.717) is 43.0 Å². The molecule has 5 heterocycles. The fraction of sp³-hybridized carbons (Fsp3) is 0.611. The highest BCUT2D eigenvalue weighted by Gasteiger charge is 2.52. The molecule has 0 radical (unpaired) electrons. The van der Waals surface area contributed by atoms with Gasteiger partial charge in [0, 0.05) is 45.1 Å². The predicted molar refractivity (Wildman–Crippen MR) is 193 cm³/mol. The van der Waals surface area contributed by atoms with Gasteiger partial charge < -0.3 is 33.0 Å². The van der Waals surface area contributed by atoms with E-state index in [1.54, 1.807) is 4.57 Å². The lowest BCUT2D eigenvalue weighted by atomic mass is 10.1. The minimum Gasteiger partial charge on any atom is -0.469 e. The minimum atomic E-state index is -2.07. The lowest BCUT2D eigenvalue weighted by molar-refractivity contribution is 0.00849. The Balaban J connectivity index is 1.31. The summed E-state index contributed by atoms with van der Waals surface area (Å²) in [5.41, 5.74) is 2.88. The first-order chi connectivity index (χ1) is 23.2. The summed E-state index contributed by atoms with van der Waals surface area (Å²) in [5.74, 6) is -0.207. The smallest absolute Gasteiger partial charge is 0.217 e. The molecule has 6 rings (SSSR count). The maximum absolute atomic E-state index is 16.0. The van der Waals surface area contributed by atoms with Gasteiger partial charge >= 0.3 is 0 Å². The first-order valence-electron chi connectivity index (χ1n) is 17.4. The zero-order valence-corrected chi connectivity index (χ0v) is 32.2. The maximum atomic E-state index is 16.0. The molecule has 0 bridgehead atoms. The monoisotopic (exact) mass is 710 g/mol. The van der Waals surface area contributed by atoms with Crippen molar-refractivity contribution in [3.8, 4) is 23.2 Å². The van der Waals surface area contributed by atoms with Crippen LogP contribution >= 0.6 is 0 Å². The predicted octanol–water partition coefficient (Wildman–Crippen LogP) is 6.80. The molecule has 266 valence electrons. The van der Waals surface area contributed by atoms with Gasteiger partial charge in [0.25, 0.3) is 0 Å². The number of ether oxygens (including phenoxy) is 5. The Morgan fingerprint density at radius 3 is 2.29 bits per heavy atom. The molecule has 0 aliphatic carbocycles. The Hall–Kier alpha value is -2.84. The first kappa shape index (κ1) is 36.0. The molecule has 0 saturated carbocycles. The van der Waals surface area contributed by atoms with Crippen molar-refractivity contribution in [1.29, 1.82) is 5.26 Å². The molecule has 13 heteroatoms. The van der Waals surface area contributed by atoms with Gasteiger partial charge in [0.2, 0.25) is 5.88 Å². The quantitative estimate of drug-likeness (QED) is 0.157. The van der Waals surface area contributed by atoms with E-state index in [2.05, 4.69) is 64.5 Å².